The van der Waals surface area contributed by atoms with Crippen molar-refractivity contribution in [2.75, 3.05) is 13.2 Å². The first-order valence-corrected chi connectivity index (χ1v) is 6.28. The molecule has 1 atom stereocenters. The van der Waals surface area contributed by atoms with E-state index in [0.717, 1.165) is 0 Å². The van der Waals surface area contributed by atoms with E-state index in [1.807, 2.05) is 0 Å². The SMILES string of the molecule is CC(C)(C)OC(=O)CCNC(=O)[C@H](O)C(C)(C)CO. The van der Waals surface area contributed by atoms with Crippen molar-refractivity contribution in [1.82, 2.24) is 5.32 Å². The molecule has 6 heteroatoms. The van der Waals surface area contributed by atoms with Crippen molar-refractivity contribution >= 4 is 11.9 Å². The minimum atomic E-state index is -1.32. The molecule has 0 saturated carbocycles. The summed E-state index contributed by atoms with van der Waals surface area (Å²) in [5, 5.41) is 21.2. The van der Waals surface area contributed by atoms with Gasteiger partial charge in [-0.3, -0.25) is 9.59 Å². The Morgan fingerprint density at radius 1 is 1.21 bits per heavy atom. The Balaban J connectivity index is 4.09. The zero-order valence-electron chi connectivity index (χ0n) is 12.3. The molecule has 0 unspecified atom stereocenters. The van der Waals surface area contributed by atoms with Crippen molar-refractivity contribution in [1.29, 1.82) is 0 Å². The number of ether oxygens (including phenoxy) is 1. The summed E-state index contributed by atoms with van der Waals surface area (Å²) in [5.74, 6) is -1.02. The van der Waals surface area contributed by atoms with Crippen molar-refractivity contribution < 1.29 is 24.5 Å². The summed E-state index contributed by atoms with van der Waals surface area (Å²) in [7, 11) is 0. The third-order valence-electron chi connectivity index (χ3n) is 2.44. The van der Waals surface area contributed by atoms with Crippen molar-refractivity contribution in [3.8, 4) is 0 Å². The lowest BCUT2D eigenvalue weighted by molar-refractivity contribution is -0.154. The Kier molecular flexibility index (Phi) is 6.45. The van der Waals surface area contributed by atoms with Crippen LogP contribution in [0, 0.1) is 5.41 Å². The molecule has 0 aliphatic rings. The summed E-state index contributed by atoms with van der Waals surface area (Å²) >= 11 is 0. The van der Waals surface area contributed by atoms with Gasteiger partial charge in [0.2, 0.25) is 5.91 Å². The fourth-order valence-electron chi connectivity index (χ4n) is 1.22. The van der Waals surface area contributed by atoms with Crippen LogP contribution in [-0.4, -0.2) is 46.9 Å². The van der Waals surface area contributed by atoms with Crippen molar-refractivity contribution in [2.24, 2.45) is 5.41 Å². The van der Waals surface area contributed by atoms with Crippen LogP contribution in [0.1, 0.15) is 41.0 Å². The monoisotopic (exact) mass is 275 g/mol. The van der Waals surface area contributed by atoms with Crippen LogP contribution in [0.25, 0.3) is 0 Å². The van der Waals surface area contributed by atoms with Crippen molar-refractivity contribution in [3.05, 3.63) is 0 Å². The zero-order chi connectivity index (χ0) is 15.3. The van der Waals surface area contributed by atoms with E-state index in [2.05, 4.69) is 5.32 Å². The Bertz CT molecular complexity index is 319. The molecule has 112 valence electrons. The average molecular weight is 275 g/mol. The van der Waals surface area contributed by atoms with Crippen LogP contribution >= 0.6 is 0 Å². The fourth-order valence-corrected chi connectivity index (χ4v) is 1.22. The molecule has 19 heavy (non-hydrogen) atoms. The Labute approximate surface area is 114 Å². The summed E-state index contributed by atoms with van der Waals surface area (Å²) in [4.78, 5) is 23.0. The molecule has 0 heterocycles. The van der Waals surface area contributed by atoms with Crippen LogP contribution in [0.4, 0.5) is 0 Å². The lowest BCUT2D eigenvalue weighted by Gasteiger charge is -2.27. The van der Waals surface area contributed by atoms with Gasteiger partial charge in [-0.05, 0) is 20.8 Å². The quantitative estimate of drug-likeness (QED) is 0.602. The maximum atomic E-state index is 11.6. The van der Waals surface area contributed by atoms with E-state index in [1.54, 1.807) is 34.6 Å². The minimum Gasteiger partial charge on any atom is -0.460 e. The lowest BCUT2D eigenvalue weighted by atomic mass is 9.87. The summed E-state index contributed by atoms with van der Waals surface area (Å²) in [6.45, 7) is 8.21. The van der Waals surface area contributed by atoms with E-state index in [-0.39, 0.29) is 19.6 Å². The van der Waals surface area contributed by atoms with Crippen molar-refractivity contribution in [2.45, 2.75) is 52.7 Å². The van der Waals surface area contributed by atoms with Gasteiger partial charge in [0.1, 0.15) is 11.7 Å². The van der Waals surface area contributed by atoms with Gasteiger partial charge in [0, 0.05) is 12.0 Å². The van der Waals surface area contributed by atoms with Gasteiger partial charge in [-0.1, -0.05) is 13.8 Å². The number of rotatable bonds is 6. The Morgan fingerprint density at radius 2 is 1.74 bits per heavy atom. The number of aliphatic hydroxyl groups is 2. The molecule has 0 aliphatic heterocycles. The van der Waals surface area contributed by atoms with Crippen LogP contribution in [0.15, 0.2) is 0 Å². The predicted molar refractivity (Wildman–Crippen MR) is 70.3 cm³/mol. The third-order valence-corrected chi connectivity index (χ3v) is 2.44. The first-order valence-electron chi connectivity index (χ1n) is 6.28. The van der Waals surface area contributed by atoms with Gasteiger partial charge < -0.3 is 20.3 Å². The fraction of sp³-hybridized carbons (Fsp3) is 0.846. The van der Waals surface area contributed by atoms with Gasteiger partial charge in [0.15, 0.2) is 0 Å². The van der Waals surface area contributed by atoms with E-state index < -0.39 is 29.0 Å². The molecule has 0 bridgehead atoms. The molecule has 0 radical (unpaired) electrons. The highest BCUT2D eigenvalue weighted by atomic mass is 16.6. The van der Waals surface area contributed by atoms with Crippen LogP contribution in [0.3, 0.4) is 0 Å². The molecule has 0 fully saturated rings. The second kappa shape index (κ2) is 6.86. The molecule has 0 saturated heterocycles. The van der Waals surface area contributed by atoms with Gasteiger partial charge in [-0.2, -0.15) is 0 Å². The lowest BCUT2D eigenvalue weighted by Crippen LogP contribution is -2.46. The first-order chi connectivity index (χ1) is 8.49. The summed E-state index contributed by atoms with van der Waals surface area (Å²) in [6, 6.07) is 0. The number of carbonyl (C=O) groups excluding carboxylic acids is 2. The summed E-state index contributed by atoms with van der Waals surface area (Å²) in [5.41, 5.74) is -1.48. The average Bonchev–Trinajstić information content (AvgIpc) is 2.25. The molecule has 0 spiro atoms. The first kappa shape index (κ1) is 17.9. The summed E-state index contributed by atoms with van der Waals surface area (Å²) < 4.78 is 5.08. The second-order valence-corrected chi connectivity index (χ2v) is 6.18. The minimum absolute atomic E-state index is 0.0370. The van der Waals surface area contributed by atoms with Crippen LogP contribution < -0.4 is 5.32 Å². The Hall–Kier alpha value is -1.14. The van der Waals surface area contributed by atoms with Crippen LogP contribution in [0.5, 0.6) is 0 Å². The predicted octanol–water partition coefficient (Wildman–Crippen LogP) is 0.214. The Morgan fingerprint density at radius 3 is 2.16 bits per heavy atom. The molecular formula is C13H25NO5. The number of aliphatic hydroxyl groups excluding tert-OH is 2. The van der Waals surface area contributed by atoms with Gasteiger partial charge >= 0.3 is 5.97 Å². The molecule has 3 N–H and O–H groups in total. The number of hydrogen-bond acceptors (Lipinski definition) is 5. The van der Waals surface area contributed by atoms with E-state index in [1.165, 1.54) is 0 Å². The largest absolute Gasteiger partial charge is 0.460 e. The highest BCUT2D eigenvalue weighted by Gasteiger charge is 2.32. The van der Waals surface area contributed by atoms with Crippen molar-refractivity contribution in [3.63, 3.8) is 0 Å². The molecule has 0 rings (SSSR count). The number of hydrogen-bond donors (Lipinski definition) is 3. The van der Waals surface area contributed by atoms with Gasteiger partial charge in [-0.15, -0.1) is 0 Å². The van der Waals surface area contributed by atoms with Gasteiger partial charge in [0.05, 0.1) is 13.0 Å². The number of carbonyl (C=O) groups is 2. The topological polar surface area (TPSA) is 95.9 Å². The molecule has 0 aromatic rings. The smallest absolute Gasteiger partial charge is 0.308 e. The molecule has 6 nitrogen and oxygen atoms in total. The number of esters is 1. The highest BCUT2D eigenvalue weighted by molar-refractivity contribution is 5.81. The normalized spacial score (nSPS) is 13.8. The highest BCUT2D eigenvalue weighted by Crippen LogP contribution is 2.19. The van der Waals surface area contributed by atoms with E-state index in [4.69, 9.17) is 9.84 Å². The number of amides is 1. The molecular weight excluding hydrogens is 250 g/mol. The van der Waals surface area contributed by atoms with E-state index >= 15 is 0 Å². The van der Waals surface area contributed by atoms with Gasteiger partial charge in [0.25, 0.3) is 0 Å². The van der Waals surface area contributed by atoms with Crippen LogP contribution in [-0.2, 0) is 14.3 Å². The standard InChI is InChI=1S/C13H25NO5/c1-12(2,3)19-9(16)6-7-14-11(18)10(17)13(4,5)8-15/h10,15,17H,6-8H2,1-5H3,(H,14,18)/t10-/m0/s1. The molecule has 0 aromatic heterocycles. The number of nitrogens with one attached hydrogen (secondary N) is 1. The zero-order valence-corrected chi connectivity index (χ0v) is 12.3. The molecule has 0 aromatic carbocycles. The van der Waals surface area contributed by atoms with E-state index in [9.17, 15) is 14.7 Å². The molecule has 0 aliphatic carbocycles. The van der Waals surface area contributed by atoms with E-state index in [0.29, 0.717) is 0 Å². The van der Waals surface area contributed by atoms with Crippen LogP contribution in [0.2, 0.25) is 0 Å². The van der Waals surface area contributed by atoms with Gasteiger partial charge in [-0.25, -0.2) is 0 Å². The maximum absolute atomic E-state index is 11.6. The maximum Gasteiger partial charge on any atom is 0.308 e. The second-order valence-electron chi connectivity index (χ2n) is 6.18. The molecule has 1 amide bonds. The third kappa shape index (κ3) is 7.12. The summed E-state index contributed by atoms with van der Waals surface area (Å²) in [6.07, 6.45) is -1.29.